The fourth-order valence-electron chi connectivity index (χ4n) is 4.78. The van der Waals surface area contributed by atoms with E-state index in [2.05, 4.69) is 18.7 Å². The van der Waals surface area contributed by atoms with Crippen LogP contribution in [-0.4, -0.2) is 34.7 Å². The fourth-order valence-corrected chi connectivity index (χ4v) is 4.78. The van der Waals surface area contributed by atoms with Crippen molar-refractivity contribution in [3.63, 3.8) is 0 Å². The van der Waals surface area contributed by atoms with E-state index >= 15 is 0 Å². The first-order valence-electron chi connectivity index (χ1n) is 13.8. The molecular formula is C30H49NO2. The van der Waals surface area contributed by atoms with Crippen molar-refractivity contribution in [1.29, 1.82) is 0 Å². The zero-order valence-electron chi connectivity index (χ0n) is 21.5. The average molecular weight is 456 g/mol. The molecule has 33 heavy (non-hydrogen) atoms. The first-order valence-corrected chi connectivity index (χ1v) is 13.8. The number of rotatable bonds is 19. The van der Waals surface area contributed by atoms with Crippen LogP contribution in [0.3, 0.4) is 0 Å². The molecule has 0 fully saturated rings. The summed E-state index contributed by atoms with van der Waals surface area (Å²) in [6.45, 7) is 8.15. The standard InChI is InChI=1S/C30H49NO2/c1-3-5-7-9-11-16-22-31(23-17-12-10-8-6-4-2)24-18-15-20-27-25-26-19-13-14-21-28(26)30(33)29(27)32/h13-14,19,21,25,32-33H,3-12,15-18,20,22-24H2,1-2H3. The van der Waals surface area contributed by atoms with Crippen molar-refractivity contribution in [2.75, 3.05) is 19.6 Å². The molecular weight excluding hydrogens is 406 g/mol. The lowest BCUT2D eigenvalue weighted by Gasteiger charge is -2.22. The fraction of sp³-hybridized carbons (Fsp3) is 0.667. The van der Waals surface area contributed by atoms with Crippen LogP contribution >= 0.6 is 0 Å². The van der Waals surface area contributed by atoms with Gasteiger partial charge in [0.25, 0.3) is 0 Å². The number of hydrogen-bond donors (Lipinski definition) is 2. The molecule has 0 unspecified atom stereocenters. The molecule has 0 spiro atoms. The molecule has 3 nitrogen and oxygen atoms in total. The van der Waals surface area contributed by atoms with E-state index in [0.29, 0.717) is 0 Å². The molecule has 2 rings (SSSR count). The molecule has 2 N–H and O–H groups in total. The maximum atomic E-state index is 10.5. The predicted molar refractivity (Wildman–Crippen MR) is 143 cm³/mol. The Hall–Kier alpha value is -1.74. The zero-order valence-corrected chi connectivity index (χ0v) is 21.5. The van der Waals surface area contributed by atoms with Crippen LogP contribution in [0.2, 0.25) is 0 Å². The molecule has 3 heteroatoms. The highest BCUT2D eigenvalue weighted by atomic mass is 16.3. The van der Waals surface area contributed by atoms with Crippen LogP contribution in [-0.2, 0) is 6.42 Å². The molecule has 0 aromatic heterocycles. The molecule has 0 aliphatic carbocycles. The first-order chi connectivity index (χ1) is 16.2. The Balaban J connectivity index is 1.77. The van der Waals surface area contributed by atoms with Crippen molar-refractivity contribution in [1.82, 2.24) is 4.90 Å². The minimum Gasteiger partial charge on any atom is -0.504 e. The summed E-state index contributed by atoms with van der Waals surface area (Å²) >= 11 is 0. The second-order valence-corrected chi connectivity index (χ2v) is 9.79. The van der Waals surface area contributed by atoms with E-state index in [4.69, 9.17) is 0 Å². The third-order valence-corrected chi connectivity index (χ3v) is 6.90. The Labute approximate surface area is 203 Å². The third kappa shape index (κ3) is 10.4. The first kappa shape index (κ1) is 27.5. The second-order valence-electron chi connectivity index (χ2n) is 9.79. The minimum absolute atomic E-state index is 0.0240. The average Bonchev–Trinajstić information content (AvgIpc) is 2.83. The molecule has 2 aromatic carbocycles. The summed E-state index contributed by atoms with van der Waals surface area (Å²) in [5, 5.41) is 22.5. The van der Waals surface area contributed by atoms with Crippen molar-refractivity contribution >= 4 is 10.8 Å². The number of unbranched alkanes of at least 4 members (excludes halogenated alkanes) is 11. The normalized spacial score (nSPS) is 11.6. The topological polar surface area (TPSA) is 43.7 Å². The van der Waals surface area contributed by atoms with Crippen LogP contribution in [0.15, 0.2) is 30.3 Å². The maximum Gasteiger partial charge on any atom is 0.165 e. The van der Waals surface area contributed by atoms with Crippen LogP contribution in [0.1, 0.15) is 109 Å². The molecule has 0 saturated carbocycles. The number of nitrogens with zero attached hydrogens (tertiary/aromatic N) is 1. The predicted octanol–water partition coefficient (Wildman–Crippen LogP) is 8.60. The third-order valence-electron chi connectivity index (χ3n) is 6.90. The van der Waals surface area contributed by atoms with Gasteiger partial charge >= 0.3 is 0 Å². The van der Waals surface area contributed by atoms with Gasteiger partial charge in [-0.2, -0.15) is 0 Å². The number of hydrogen-bond acceptors (Lipinski definition) is 3. The summed E-state index contributed by atoms with van der Waals surface area (Å²) < 4.78 is 0. The van der Waals surface area contributed by atoms with E-state index in [-0.39, 0.29) is 11.5 Å². The lowest BCUT2D eigenvalue weighted by molar-refractivity contribution is 0.255. The number of aryl methyl sites for hydroxylation is 1. The van der Waals surface area contributed by atoms with E-state index in [0.717, 1.165) is 42.1 Å². The van der Waals surface area contributed by atoms with Crippen LogP contribution in [0, 0.1) is 0 Å². The van der Waals surface area contributed by atoms with Crippen LogP contribution in [0.4, 0.5) is 0 Å². The molecule has 0 amide bonds. The summed E-state index contributed by atoms with van der Waals surface area (Å²) in [6.07, 6.45) is 19.2. The van der Waals surface area contributed by atoms with Crippen molar-refractivity contribution in [2.24, 2.45) is 0 Å². The Morgan fingerprint density at radius 2 is 1.12 bits per heavy atom. The minimum atomic E-state index is 0.0240. The van der Waals surface area contributed by atoms with Gasteiger partial charge in [0.2, 0.25) is 0 Å². The number of fused-ring (bicyclic) bond motifs is 1. The molecule has 0 atom stereocenters. The molecule has 0 radical (unpaired) electrons. The van der Waals surface area contributed by atoms with E-state index in [9.17, 15) is 10.2 Å². The Morgan fingerprint density at radius 3 is 1.73 bits per heavy atom. The van der Waals surface area contributed by atoms with Crippen molar-refractivity contribution in [3.8, 4) is 11.5 Å². The van der Waals surface area contributed by atoms with Gasteiger partial charge in [-0.05, 0) is 68.8 Å². The Morgan fingerprint density at radius 1 is 0.606 bits per heavy atom. The summed E-state index contributed by atoms with van der Waals surface area (Å²) in [4.78, 5) is 2.68. The SMILES string of the molecule is CCCCCCCCN(CCCCCCCC)CCCCc1cc2ccccc2c(O)c1O. The summed E-state index contributed by atoms with van der Waals surface area (Å²) in [6, 6.07) is 9.76. The maximum absolute atomic E-state index is 10.5. The van der Waals surface area contributed by atoms with Gasteiger partial charge in [-0.25, -0.2) is 0 Å². The van der Waals surface area contributed by atoms with Gasteiger partial charge < -0.3 is 15.1 Å². The van der Waals surface area contributed by atoms with Gasteiger partial charge in [-0.3, -0.25) is 0 Å². The number of aromatic hydroxyl groups is 2. The van der Waals surface area contributed by atoms with E-state index in [1.54, 1.807) is 0 Å². The van der Waals surface area contributed by atoms with Gasteiger partial charge in [0.1, 0.15) is 0 Å². The van der Waals surface area contributed by atoms with E-state index in [1.807, 2.05) is 30.3 Å². The van der Waals surface area contributed by atoms with Gasteiger partial charge in [0.05, 0.1) is 0 Å². The van der Waals surface area contributed by atoms with Crippen molar-refractivity contribution < 1.29 is 10.2 Å². The molecule has 186 valence electrons. The molecule has 0 bridgehead atoms. The number of phenolic OH excluding ortho intramolecular Hbond substituents is 2. The molecule has 0 saturated heterocycles. The second kappa shape index (κ2) is 16.8. The lowest BCUT2D eigenvalue weighted by Crippen LogP contribution is -2.27. The van der Waals surface area contributed by atoms with Crippen molar-refractivity contribution in [3.05, 3.63) is 35.9 Å². The highest BCUT2D eigenvalue weighted by Gasteiger charge is 2.12. The quantitative estimate of drug-likeness (QED) is 0.165. The highest BCUT2D eigenvalue weighted by Crippen LogP contribution is 2.37. The smallest absolute Gasteiger partial charge is 0.165 e. The highest BCUT2D eigenvalue weighted by molar-refractivity contribution is 5.91. The van der Waals surface area contributed by atoms with Crippen LogP contribution in [0.5, 0.6) is 11.5 Å². The van der Waals surface area contributed by atoms with Crippen LogP contribution < -0.4 is 0 Å². The molecule has 0 heterocycles. The number of benzene rings is 2. The summed E-state index contributed by atoms with van der Waals surface area (Å²) in [5.74, 6) is 0.0839. The van der Waals surface area contributed by atoms with Gasteiger partial charge in [-0.15, -0.1) is 0 Å². The Bertz CT molecular complexity index is 757. The summed E-state index contributed by atoms with van der Waals surface area (Å²) in [7, 11) is 0. The van der Waals surface area contributed by atoms with Gasteiger partial charge in [0, 0.05) is 5.39 Å². The lowest BCUT2D eigenvalue weighted by atomic mass is 10.0. The van der Waals surface area contributed by atoms with Crippen molar-refractivity contribution in [2.45, 2.75) is 110 Å². The van der Waals surface area contributed by atoms with E-state index < -0.39 is 0 Å². The van der Waals surface area contributed by atoms with Gasteiger partial charge in [0.15, 0.2) is 11.5 Å². The van der Waals surface area contributed by atoms with Crippen LogP contribution in [0.25, 0.3) is 10.8 Å². The molecule has 2 aromatic rings. The Kier molecular flexibility index (Phi) is 14.0. The zero-order chi connectivity index (χ0) is 23.7. The largest absolute Gasteiger partial charge is 0.504 e. The monoisotopic (exact) mass is 455 g/mol. The summed E-state index contributed by atoms with van der Waals surface area (Å²) in [5.41, 5.74) is 0.865. The van der Waals surface area contributed by atoms with E-state index in [1.165, 1.54) is 90.1 Å². The molecule has 0 aliphatic heterocycles. The molecule has 0 aliphatic rings. The van der Waals surface area contributed by atoms with Gasteiger partial charge in [-0.1, -0.05) is 102 Å². The number of phenols is 2.